The summed E-state index contributed by atoms with van der Waals surface area (Å²) in [5, 5.41) is 2.71. The first kappa shape index (κ1) is 24.8. The zero-order chi connectivity index (χ0) is 23.2. The first-order chi connectivity index (χ1) is 14.5. The van der Waals surface area contributed by atoms with Crippen molar-refractivity contribution in [2.75, 3.05) is 37.0 Å². The molecule has 170 valence electrons. The fourth-order valence-corrected chi connectivity index (χ4v) is 4.99. The molecule has 31 heavy (non-hydrogen) atoms. The van der Waals surface area contributed by atoms with Crippen LogP contribution < -0.4 is 10.1 Å². The standard InChI is InChI=1S/C21H28N2O6S2/c1-5-23(6-2)31(27,28)20-14-17(11-10-16(20)3)21(24)22-18-8-7-9-19(15-18)29-12-13-30(4,25)26/h7-11,14-15H,5-6,12-13H2,1-4H3,(H,22,24). The van der Waals surface area contributed by atoms with E-state index in [-0.39, 0.29) is 22.8 Å². The molecular formula is C21H28N2O6S2. The minimum absolute atomic E-state index is 0.000766. The van der Waals surface area contributed by atoms with E-state index in [0.717, 1.165) is 6.26 Å². The fourth-order valence-electron chi connectivity index (χ4n) is 2.90. The topological polar surface area (TPSA) is 110 Å². The van der Waals surface area contributed by atoms with E-state index in [1.54, 1.807) is 57.2 Å². The minimum atomic E-state index is -3.71. The first-order valence-corrected chi connectivity index (χ1v) is 13.3. The molecule has 1 N–H and O–H groups in total. The Hall–Kier alpha value is -2.43. The summed E-state index contributed by atoms with van der Waals surface area (Å²) in [5.41, 5.74) is 1.21. The summed E-state index contributed by atoms with van der Waals surface area (Å²) in [5.74, 6) is -0.170. The summed E-state index contributed by atoms with van der Waals surface area (Å²) < 4.78 is 55.0. The lowest BCUT2D eigenvalue weighted by Gasteiger charge is -2.20. The maximum Gasteiger partial charge on any atom is 0.255 e. The SMILES string of the molecule is CCN(CC)S(=O)(=O)c1cc(C(=O)Nc2cccc(OCCS(C)(=O)=O)c2)ccc1C. The van der Waals surface area contributed by atoms with Gasteiger partial charge in [-0.25, -0.2) is 16.8 Å². The molecule has 0 saturated carbocycles. The largest absolute Gasteiger partial charge is 0.492 e. The summed E-state index contributed by atoms with van der Waals surface area (Å²) in [7, 11) is -6.84. The van der Waals surface area contributed by atoms with Gasteiger partial charge in [0.2, 0.25) is 10.0 Å². The lowest BCUT2D eigenvalue weighted by molar-refractivity contribution is 0.102. The monoisotopic (exact) mass is 468 g/mol. The van der Waals surface area contributed by atoms with E-state index in [1.807, 2.05) is 0 Å². The van der Waals surface area contributed by atoms with E-state index in [1.165, 1.54) is 10.4 Å². The van der Waals surface area contributed by atoms with Crippen LogP contribution in [0.25, 0.3) is 0 Å². The van der Waals surface area contributed by atoms with Crippen LogP contribution in [0.3, 0.4) is 0 Å². The summed E-state index contributed by atoms with van der Waals surface area (Å²) in [6.45, 7) is 5.88. The van der Waals surface area contributed by atoms with Gasteiger partial charge < -0.3 is 10.1 Å². The molecule has 0 heterocycles. The molecule has 0 spiro atoms. The molecule has 1 amide bonds. The van der Waals surface area contributed by atoms with E-state index in [0.29, 0.717) is 30.1 Å². The van der Waals surface area contributed by atoms with Crippen molar-refractivity contribution in [2.45, 2.75) is 25.7 Å². The van der Waals surface area contributed by atoms with Crippen molar-refractivity contribution in [3.63, 3.8) is 0 Å². The third-order valence-electron chi connectivity index (χ3n) is 4.59. The quantitative estimate of drug-likeness (QED) is 0.574. The molecule has 2 aromatic carbocycles. The van der Waals surface area contributed by atoms with Crippen molar-refractivity contribution in [2.24, 2.45) is 0 Å². The van der Waals surface area contributed by atoms with Crippen LogP contribution in [-0.2, 0) is 19.9 Å². The Labute approximate surface area is 184 Å². The van der Waals surface area contributed by atoms with Crippen molar-refractivity contribution in [3.8, 4) is 5.75 Å². The Morgan fingerprint density at radius 1 is 1.03 bits per heavy atom. The average molecular weight is 469 g/mol. The summed E-state index contributed by atoms with van der Waals surface area (Å²) in [6, 6.07) is 11.1. The van der Waals surface area contributed by atoms with Gasteiger partial charge in [0.25, 0.3) is 5.91 Å². The second kappa shape index (κ2) is 10.3. The van der Waals surface area contributed by atoms with Crippen molar-refractivity contribution in [3.05, 3.63) is 53.6 Å². The molecule has 10 heteroatoms. The van der Waals surface area contributed by atoms with Gasteiger partial charge in [0.15, 0.2) is 9.84 Å². The van der Waals surface area contributed by atoms with E-state index >= 15 is 0 Å². The molecule has 2 aromatic rings. The summed E-state index contributed by atoms with van der Waals surface area (Å²) >= 11 is 0. The van der Waals surface area contributed by atoms with Crippen LogP contribution >= 0.6 is 0 Å². The predicted octanol–water partition coefficient (Wildman–Crippen LogP) is 2.70. The van der Waals surface area contributed by atoms with Crippen molar-refractivity contribution in [1.29, 1.82) is 0 Å². The number of anilines is 1. The lowest BCUT2D eigenvalue weighted by atomic mass is 10.1. The van der Waals surface area contributed by atoms with Gasteiger partial charge >= 0.3 is 0 Å². The Morgan fingerprint density at radius 2 is 1.71 bits per heavy atom. The number of nitrogens with one attached hydrogen (secondary N) is 1. The Morgan fingerprint density at radius 3 is 2.32 bits per heavy atom. The number of sulfonamides is 1. The molecule has 8 nitrogen and oxygen atoms in total. The number of benzene rings is 2. The molecule has 0 radical (unpaired) electrons. The Bertz CT molecular complexity index is 1140. The number of carbonyl (C=O) groups is 1. The number of amides is 1. The van der Waals surface area contributed by atoms with Gasteiger partial charge in [-0.2, -0.15) is 4.31 Å². The van der Waals surface area contributed by atoms with E-state index < -0.39 is 25.8 Å². The lowest BCUT2D eigenvalue weighted by Crippen LogP contribution is -2.31. The minimum Gasteiger partial charge on any atom is -0.492 e. The predicted molar refractivity (Wildman–Crippen MR) is 121 cm³/mol. The average Bonchev–Trinajstić information content (AvgIpc) is 2.68. The van der Waals surface area contributed by atoms with Crippen LogP contribution in [0.1, 0.15) is 29.8 Å². The van der Waals surface area contributed by atoms with Gasteiger partial charge in [0.1, 0.15) is 12.4 Å². The third-order valence-corrected chi connectivity index (χ3v) is 7.69. The Balaban J connectivity index is 2.21. The summed E-state index contributed by atoms with van der Waals surface area (Å²) in [6.07, 6.45) is 1.13. The van der Waals surface area contributed by atoms with Gasteiger partial charge in [0.05, 0.1) is 10.6 Å². The molecule has 2 rings (SSSR count). The van der Waals surface area contributed by atoms with Gasteiger partial charge in [-0.15, -0.1) is 0 Å². The first-order valence-electron chi connectivity index (χ1n) is 9.80. The maximum atomic E-state index is 12.9. The zero-order valence-corrected chi connectivity index (χ0v) is 19.7. The second-order valence-electron chi connectivity index (χ2n) is 7.03. The van der Waals surface area contributed by atoms with Crippen LogP contribution in [0.15, 0.2) is 47.4 Å². The molecule has 0 aliphatic carbocycles. The summed E-state index contributed by atoms with van der Waals surface area (Å²) in [4.78, 5) is 12.8. The number of hydrogen-bond donors (Lipinski definition) is 1. The van der Waals surface area contributed by atoms with Crippen molar-refractivity contribution >= 4 is 31.5 Å². The highest BCUT2D eigenvalue weighted by Gasteiger charge is 2.24. The van der Waals surface area contributed by atoms with Crippen molar-refractivity contribution < 1.29 is 26.4 Å². The van der Waals surface area contributed by atoms with Crippen LogP contribution in [-0.4, -0.2) is 58.8 Å². The maximum absolute atomic E-state index is 12.9. The van der Waals surface area contributed by atoms with Crippen LogP contribution in [0.4, 0.5) is 5.69 Å². The van der Waals surface area contributed by atoms with Gasteiger partial charge in [-0.1, -0.05) is 26.0 Å². The number of sulfone groups is 1. The smallest absolute Gasteiger partial charge is 0.255 e. The highest BCUT2D eigenvalue weighted by molar-refractivity contribution is 7.90. The number of nitrogens with zero attached hydrogens (tertiary/aromatic N) is 1. The van der Waals surface area contributed by atoms with Gasteiger partial charge in [-0.05, 0) is 36.8 Å². The highest BCUT2D eigenvalue weighted by atomic mass is 32.2. The molecule has 0 saturated heterocycles. The molecule has 0 fully saturated rings. The number of ether oxygens (including phenoxy) is 1. The highest BCUT2D eigenvalue weighted by Crippen LogP contribution is 2.23. The van der Waals surface area contributed by atoms with Crippen molar-refractivity contribution in [1.82, 2.24) is 4.31 Å². The van der Waals surface area contributed by atoms with Crippen LogP contribution in [0.5, 0.6) is 5.75 Å². The van der Waals surface area contributed by atoms with Crippen LogP contribution in [0.2, 0.25) is 0 Å². The normalized spacial score (nSPS) is 12.0. The molecular weight excluding hydrogens is 440 g/mol. The number of rotatable bonds is 10. The fraction of sp³-hybridized carbons (Fsp3) is 0.381. The number of carbonyl (C=O) groups excluding carboxylic acids is 1. The zero-order valence-electron chi connectivity index (χ0n) is 18.1. The van der Waals surface area contributed by atoms with Gasteiger partial charge in [0, 0.05) is 36.7 Å². The van der Waals surface area contributed by atoms with E-state index in [4.69, 9.17) is 4.74 Å². The van der Waals surface area contributed by atoms with Gasteiger partial charge in [-0.3, -0.25) is 4.79 Å². The van der Waals surface area contributed by atoms with E-state index in [9.17, 15) is 21.6 Å². The molecule has 0 aliphatic heterocycles. The molecule has 0 unspecified atom stereocenters. The second-order valence-corrected chi connectivity index (χ2v) is 11.2. The third kappa shape index (κ3) is 6.78. The molecule has 0 aliphatic rings. The number of hydrogen-bond acceptors (Lipinski definition) is 6. The Kier molecular flexibility index (Phi) is 8.21. The molecule has 0 bridgehead atoms. The van der Waals surface area contributed by atoms with Crippen LogP contribution in [0, 0.1) is 6.92 Å². The molecule has 0 atom stereocenters. The molecule has 0 aromatic heterocycles. The van der Waals surface area contributed by atoms with E-state index in [2.05, 4.69) is 5.32 Å². The number of aryl methyl sites for hydroxylation is 1.